The van der Waals surface area contributed by atoms with Gasteiger partial charge < -0.3 is 14.6 Å². The SMILES string of the molecule is Cc1ccc2[nH]c3c(c2c1)CCN(C(=O)OCC(C)C)CC3. The molecule has 1 aliphatic heterocycles. The van der Waals surface area contributed by atoms with E-state index in [-0.39, 0.29) is 6.09 Å². The minimum atomic E-state index is -0.181. The molecule has 4 heteroatoms. The summed E-state index contributed by atoms with van der Waals surface area (Å²) in [6, 6.07) is 6.51. The largest absolute Gasteiger partial charge is 0.449 e. The molecule has 0 saturated heterocycles. The van der Waals surface area contributed by atoms with Crippen molar-refractivity contribution in [2.75, 3.05) is 19.7 Å². The number of hydrogen-bond acceptors (Lipinski definition) is 2. The Hall–Kier alpha value is -1.97. The molecule has 0 aliphatic carbocycles. The maximum atomic E-state index is 12.1. The third kappa shape index (κ3) is 2.96. The Labute approximate surface area is 131 Å². The van der Waals surface area contributed by atoms with Gasteiger partial charge in [0.1, 0.15) is 0 Å². The number of H-pyrrole nitrogens is 1. The van der Waals surface area contributed by atoms with Gasteiger partial charge in [-0.05, 0) is 37.0 Å². The highest BCUT2D eigenvalue weighted by molar-refractivity contribution is 5.85. The summed E-state index contributed by atoms with van der Waals surface area (Å²) in [5.74, 6) is 0.371. The predicted molar refractivity (Wildman–Crippen MR) is 88.2 cm³/mol. The molecule has 2 heterocycles. The molecule has 1 aromatic carbocycles. The Balaban J connectivity index is 1.75. The van der Waals surface area contributed by atoms with E-state index in [0.29, 0.717) is 12.5 Å². The molecule has 1 N–H and O–H groups in total. The third-order valence-electron chi connectivity index (χ3n) is 4.21. The second-order valence-electron chi connectivity index (χ2n) is 6.59. The lowest BCUT2D eigenvalue weighted by molar-refractivity contribution is 0.0934. The lowest BCUT2D eigenvalue weighted by Crippen LogP contribution is -2.34. The number of nitrogens with one attached hydrogen (secondary N) is 1. The molecule has 0 unspecified atom stereocenters. The van der Waals surface area contributed by atoms with Crippen molar-refractivity contribution in [3.8, 4) is 0 Å². The number of aromatic nitrogens is 1. The second kappa shape index (κ2) is 6.03. The van der Waals surface area contributed by atoms with Crippen LogP contribution in [0.3, 0.4) is 0 Å². The van der Waals surface area contributed by atoms with Gasteiger partial charge in [-0.1, -0.05) is 25.5 Å². The lowest BCUT2D eigenvalue weighted by Gasteiger charge is -2.20. The van der Waals surface area contributed by atoms with E-state index >= 15 is 0 Å². The van der Waals surface area contributed by atoms with Gasteiger partial charge in [-0.2, -0.15) is 0 Å². The average molecular weight is 300 g/mol. The number of rotatable bonds is 2. The number of carbonyl (C=O) groups is 1. The van der Waals surface area contributed by atoms with E-state index in [2.05, 4.69) is 44.0 Å². The average Bonchev–Trinajstić information content (AvgIpc) is 2.68. The highest BCUT2D eigenvalue weighted by Crippen LogP contribution is 2.26. The van der Waals surface area contributed by atoms with Crippen LogP contribution in [-0.4, -0.2) is 35.7 Å². The molecule has 118 valence electrons. The molecule has 2 aromatic rings. The van der Waals surface area contributed by atoms with Crippen LogP contribution in [0.1, 0.15) is 30.7 Å². The quantitative estimate of drug-likeness (QED) is 0.919. The van der Waals surface area contributed by atoms with Gasteiger partial charge in [-0.3, -0.25) is 0 Å². The molecule has 0 radical (unpaired) electrons. The maximum Gasteiger partial charge on any atom is 0.409 e. The number of aromatic amines is 1. The van der Waals surface area contributed by atoms with Gasteiger partial charge in [0.2, 0.25) is 0 Å². The van der Waals surface area contributed by atoms with Gasteiger partial charge in [0.05, 0.1) is 6.61 Å². The number of benzene rings is 1. The first kappa shape index (κ1) is 14.9. The van der Waals surface area contributed by atoms with Crippen molar-refractivity contribution in [3.05, 3.63) is 35.0 Å². The van der Waals surface area contributed by atoms with Crippen molar-refractivity contribution in [2.45, 2.75) is 33.6 Å². The van der Waals surface area contributed by atoms with Crippen LogP contribution in [-0.2, 0) is 17.6 Å². The number of carbonyl (C=O) groups excluding carboxylic acids is 1. The summed E-state index contributed by atoms with van der Waals surface area (Å²) < 4.78 is 5.36. The zero-order valence-electron chi connectivity index (χ0n) is 13.6. The number of aryl methyl sites for hydroxylation is 1. The van der Waals surface area contributed by atoms with E-state index in [1.807, 2.05) is 4.90 Å². The summed E-state index contributed by atoms with van der Waals surface area (Å²) in [4.78, 5) is 17.5. The van der Waals surface area contributed by atoms with E-state index in [1.165, 1.54) is 27.7 Å². The maximum absolute atomic E-state index is 12.1. The first-order chi connectivity index (χ1) is 10.5. The zero-order chi connectivity index (χ0) is 15.7. The number of amides is 1. The normalized spacial score (nSPS) is 15.0. The lowest BCUT2D eigenvalue weighted by atomic mass is 10.1. The fraction of sp³-hybridized carbons (Fsp3) is 0.500. The van der Waals surface area contributed by atoms with Crippen molar-refractivity contribution in [3.63, 3.8) is 0 Å². The topological polar surface area (TPSA) is 45.3 Å². The Morgan fingerprint density at radius 2 is 2.09 bits per heavy atom. The number of nitrogens with zero attached hydrogens (tertiary/aromatic N) is 1. The van der Waals surface area contributed by atoms with Gasteiger partial charge in [0.15, 0.2) is 0 Å². The minimum absolute atomic E-state index is 0.181. The van der Waals surface area contributed by atoms with Crippen molar-refractivity contribution in [1.82, 2.24) is 9.88 Å². The van der Waals surface area contributed by atoms with Gasteiger partial charge >= 0.3 is 6.09 Å². The molecular weight excluding hydrogens is 276 g/mol. The molecule has 22 heavy (non-hydrogen) atoms. The van der Waals surface area contributed by atoms with Gasteiger partial charge in [0, 0.05) is 36.1 Å². The summed E-state index contributed by atoms with van der Waals surface area (Å²) in [6.07, 6.45) is 1.56. The van der Waals surface area contributed by atoms with E-state index in [1.54, 1.807) is 0 Å². The molecule has 4 nitrogen and oxygen atoms in total. The predicted octanol–water partition coefficient (Wildman–Crippen LogP) is 3.67. The fourth-order valence-corrected chi connectivity index (χ4v) is 3.03. The molecule has 0 bridgehead atoms. The van der Waals surface area contributed by atoms with Crippen LogP contribution >= 0.6 is 0 Å². The molecule has 0 fully saturated rings. The fourth-order valence-electron chi connectivity index (χ4n) is 3.03. The first-order valence-electron chi connectivity index (χ1n) is 8.06. The van der Waals surface area contributed by atoms with Crippen LogP contribution in [0.15, 0.2) is 18.2 Å². The van der Waals surface area contributed by atoms with Crippen LogP contribution in [0.5, 0.6) is 0 Å². The van der Waals surface area contributed by atoms with Crippen LogP contribution in [0.25, 0.3) is 10.9 Å². The Morgan fingerprint density at radius 3 is 2.86 bits per heavy atom. The van der Waals surface area contributed by atoms with Crippen molar-refractivity contribution < 1.29 is 9.53 Å². The second-order valence-corrected chi connectivity index (χ2v) is 6.59. The number of hydrogen-bond donors (Lipinski definition) is 1. The third-order valence-corrected chi connectivity index (χ3v) is 4.21. The summed E-state index contributed by atoms with van der Waals surface area (Å²) in [7, 11) is 0. The molecule has 0 spiro atoms. The van der Waals surface area contributed by atoms with Crippen LogP contribution < -0.4 is 0 Å². The number of ether oxygens (including phenoxy) is 1. The molecule has 3 rings (SSSR count). The number of fused-ring (bicyclic) bond motifs is 3. The minimum Gasteiger partial charge on any atom is -0.449 e. The molecule has 0 saturated carbocycles. The smallest absolute Gasteiger partial charge is 0.409 e. The highest BCUT2D eigenvalue weighted by atomic mass is 16.6. The monoisotopic (exact) mass is 300 g/mol. The van der Waals surface area contributed by atoms with Crippen molar-refractivity contribution in [2.24, 2.45) is 5.92 Å². The van der Waals surface area contributed by atoms with E-state index < -0.39 is 0 Å². The van der Waals surface area contributed by atoms with Crippen LogP contribution in [0, 0.1) is 12.8 Å². The van der Waals surface area contributed by atoms with Gasteiger partial charge in [-0.25, -0.2) is 4.79 Å². The van der Waals surface area contributed by atoms with E-state index in [4.69, 9.17) is 4.74 Å². The van der Waals surface area contributed by atoms with Crippen molar-refractivity contribution >= 4 is 17.0 Å². The Bertz CT molecular complexity index is 688. The molecule has 1 amide bonds. The van der Waals surface area contributed by atoms with Gasteiger partial charge in [-0.15, -0.1) is 0 Å². The molecule has 1 aromatic heterocycles. The standard InChI is InChI=1S/C18H24N2O2/c1-12(2)11-22-18(21)20-8-6-14-15-10-13(3)4-5-16(15)19-17(14)7-9-20/h4-5,10,12,19H,6-9,11H2,1-3H3. The Kier molecular flexibility index (Phi) is 4.10. The molecular formula is C18H24N2O2. The van der Waals surface area contributed by atoms with Crippen LogP contribution in [0.4, 0.5) is 4.79 Å². The summed E-state index contributed by atoms with van der Waals surface area (Å²) in [6.45, 7) is 8.15. The Morgan fingerprint density at radius 1 is 1.32 bits per heavy atom. The van der Waals surface area contributed by atoms with E-state index in [0.717, 1.165) is 25.9 Å². The van der Waals surface area contributed by atoms with E-state index in [9.17, 15) is 4.79 Å². The van der Waals surface area contributed by atoms with Crippen LogP contribution in [0.2, 0.25) is 0 Å². The van der Waals surface area contributed by atoms with Crippen molar-refractivity contribution in [1.29, 1.82) is 0 Å². The zero-order valence-corrected chi connectivity index (χ0v) is 13.6. The summed E-state index contributed by atoms with van der Waals surface area (Å²) in [5, 5.41) is 1.30. The summed E-state index contributed by atoms with van der Waals surface area (Å²) in [5.41, 5.74) is 5.09. The molecule has 0 atom stereocenters. The van der Waals surface area contributed by atoms with Gasteiger partial charge in [0.25, 0.3) is 0 Å². The summed E-state index contributed by atoms with van der Waals surface area (Å²) >= 11 is 0. The highest BCUT2D eigenvalue weighted by Gasteiger charge is 2.22. The molecule has 1 aliphatic rings. The first-order valence-corrected chi connectivity index (χ1v) is 8.06.